The van der Waals surface area contributed by atoms with Crippen LogP contribution >= 0.6 is 0 Å². The van der Waals surface area contributed by atoms with Gasteiger partial charge in [0.2, 0.25) is 0 Å². The van der Waals surface area contributed by atoms with Crippen LogP contribution in [0.25, 0.3) is 0 Å². The average Bonchev–Trinajstić information content (AvgIpc) is 3.50. The van der Waals surface area contributed by atoms with E-state index in [0.717, 1.165) is 64.6 Å². The monoisotopic (exact) mass is 540 g/mol. The number of hydrogen-bond donors (Lipinski definition) is 0. The maximum Gasteiger partial charge on any atom is 0.305 e. The number of allylic oxidation sites excluding steroid dienone is 4. The summed E-state index contributed by atoms with van der Waals surface area (Å²) in [5.74, 6) is 7.66. The minimum atomic E-state index is -0.165. The third-order valence-corrected chi connectivity index (χ3v) is 8.55. The Kier molecular flexibility index (Phi) is 12.2. The number of carbonyl (C=O) groups excluding carboxylic acids is 1. The van der Waals surface area contributed by atoms with Crippen molar-refractivity contribution in [3.63, 3.8) is 0 Å². The van der Waals surface area contributed by atoms with Crippen LogP contribution in [0.2, 0.25) is 0 Å². The summed E-state index contributed by atoms with van der Waals surface area (Å²) in [6, 6.07) is 0. The summed E-state index contributed by atoms with van der Waals surface area (Å²) in [5.41, 5.74) is 1.36. The molecule has 0 spiro atoms. The fraction of sp³-hybridized carbons (Fsp3) is 0.727. The molecule has 39 heavy (non-hydrogen) atoms. The zero-order valence-corrected chi connectivity index (χ0v) is 24.1. The van der Waals surface area contributed by atoms with Crippen molar-refractivity contribution in [2.45, 2.75) is 109 Å². The highest BCUT2D eigenvalue weighted by atomic mass is 16.7. The van der Waals surface area contributed by atoms with Gasteiger partial charge < -0.3 is 23.7 Å². The van der Waals surface area contributed by atoms with Gasteiger partial charge in [0.25, 0.3) is 0 Å². The van der Waals surface area contributed by atoms with Crippen LogP contribution in [0.15, 0.2) is 36.0 Å². The van der Waals surface area contributed by atoms with Gasteiger partial charge in [0.15, 0.2) is 12.6 Å². The van der Waals surface area contributed by atoms with Gasteiger partial charge in [0, 0.05) is 32.0 Å². The number of fused-ring (bicyclic) bond motifs is 1. The molecule has 0 aromatic rings. The van der Waals surface area contributed by atoms with Crippen LogP contribution in [0.5, 0.6) is 0 Å². The number of carbonyl (C=O) groups is 1. The van der Waals surface area contributed by atoms with Crippen LogP contribution in [0.4, 0.5) is 0 Å². The molecule has 3 fully saturated rings. The Morgan fingerprint density at radius 3 is 2.62 bits per heavy atom. The zero-order chi connectivity index (χ0) is 27.5. The van der Waals surface area contributed by atoms with Crippen molar-refractivity contribution >= 4 is 5.97 Å². The minimum Gasteiger partial charge on any atom is -0.469 e. The Morgan fingerprint density at radius 1 is 1.15 bits per heavy atom. The second-order valence-electron chi connectivity index (χ2n) is 11.5. The molecule has 0 N–H and O–H groups in total. The van der Waals surface area contributed by atoms with Crippen LogP contribution in [-0.4, -0.2) is 51.1 Å². The molecule has 1 saturated carbocycles. The molecule has 2 saturated heterocycles. The molecule has 2 heterocycles. The lowest BCUT2D eigenvalue weighted by Gasteiger charge is -2.31. The summed E-state index contributed by atoms with van der Waals surface area (Å²) in [7, 11) is 1.44. The lowest BCUT2D eigenvalue weighted by Crippen LogP contribution is -2.32. The topological polar surface area (TPSA) is 63.2 Å². The first-order chi connectivity index (χ1) is 19.1. The molecule has 0 bridgehead atoms. The molecule has 2 aliphatic heterocycles. The Hall–Kier alpha value is -1.91. The lowest BCUT2D eigenvalue weighted by atomic mass is 9.88. The summed E-state index contributed by atoms with van der Waals surface area (Å²) in [6.45, 7) is 5.68. The average molecular weight is 541 g/mol. The third kappa shape index (κ3) is 9.05. The van der Waals surface area contributed by atoms with Gasteiger partial charge in [0.05, 0.1) is 19.3 Å². The van der Waals surface area contributed by atoms with Gasteiger partial charge in [-0.15, -0.1) is 11.8 Å². The van der Waals surface area contributed by atoms with Crippen molar-refractivity contribution in [1.82, 2.24) is 0 Å². The Labute approximate surface area is 235 Å². The van der Waals surface area contributed by atoms with E-state index in [1.54, 1.807) is 0 Å². The molecule has 6 nitrogen and oxygen atoms in total. The highest BCUT2D eigenvalue weighted by Crippen LogP contribution is 2.49. The van der Waals surface area contributed by atoms with E-state index < -0.39 is 0 Å². The maximum absolute atomic E-state index is 11.4. The fourth-order valence-electron chi connectivity index (χ4n) is 6.32. The van der Waals surface area contributed by atoms with E-state index in [9.17, 15) is 4.79 Å². The van der Waals surface area contributed by atoms with Crippen molar-refractivity contribution in [3.8, 4) is 11.8 Å². The van der Waals surface area contributed by atoms with Gasteiger partial charge in [-0.2, -0.15) is 0 Å². The standard InChI is InChI=1S/C33H48O6/c1-4-5-12-24(2)29(38-32-15-8-10-19-36-32)18-17-27-28-22-25(13-6-7-14-31(34)35-3)21-26(28)23-30(27)39-33-16-9-11-20-37-33/h6,13,17-18,21,24,26-30,32-33H,7-12,14-16,19-20,22-23H2,1-3H3/b13-6?,18-17-/t24?,26-,27-,28-,29+,30+,32?,33?/m0/s1. The SMILES string of the molecule is CC#CCC(C)[C@@H](/C=C\[C@H]1[C@H]2CC(C=CCCC(=O)OC)=C[C@H]2C[C@H]1OC1CCCCO1)OC1CCCCO1. The van der Waals surface area contributed by atoms with E-state index in [1.807, 2.05) is 6.92 Å². The van der Waals surface area contributed by atoms with Gasteiger partial charge in [0.1, 0.15) is 0 Å². The van der Waals surface area contributed by atoms with Crippen molar-refractivity contribution < 1.29 is 28.5 Å². The summed E-state index contributed by atoms with van der Waals surface area (Å²) in [5, 5.41) is 0. The zero-order valence-electron chi connectivity index (χ0n) is 24.1. The number of rotatable bonds is 12. The van der Waals surface area contributed by atoms with Crippen LogP contribution < -0.4 is 0 Å². The molecule has 6 heteroatoms. The molecule has 3 unspecified atom stereocenters. The van der Waals surface area contributed by atoms with Crippen molar-refractivity contribution in [2.24, 2.45) is 23.7 Å². The smallest absolute Gasteiger partial charge is 0.305 e. The molecule has 8 atom stereocenters. The largest absolute Gasteiger partial charge is 0.469 e. The molecule has 4 rings (SSSR count). The van der Waals surface area contributed by atoms with E-state index in [1.165, 1.54) is 19.1 Å². The molecule has 0 aromatic carbocycles. The molecule has 0 radical (unpaired) electrons. The van der Waals surface area contributed by atoms with E-state index in [4.69, 9.17) is 23.7 Å². The van der Waals surface area contributed by atoms with Crippen molar-refractivity contribution in [2.75, 3.05) is 20.3 Å². The predicted molar refractivity (Wildman–Crippen MR) is 151 cm³/mol. The predicted octanol–water partition coefficient (Wildman–Crippen LogP) is 6.51. The molecule has 216 valence electrons. The van der Waals surface area contributed by atoms with E-state index in [2.05, 4.69) is 49.1 Å². The Morgan fingerprint density at radius 2 is 1.92 bits per heavy atom. The van der Waals surface area contributed by atoms with Crippen LogP contribution in [0.1, 0.15) is 84.5 Å². The van der Waals surface area contributed by atoms with Crippen LogP contribution in [-0.2, 0) is 28.5 Å². The lowest BCUT2D eigenvalue weighted by molar-refractivity contribution is -0.193. The van der Waals surface area contributed by atoms with Gasteiger partial charge in [-0.3, -0.25) is 4.79 Å². The number of ether oxygens (including phenoxy) is 5. The molecule has 4 aliphatic rings. The van der Waals surface area contributed by atoms with Crippen molar-refractivity contribution in [1.29, 1.82) is 0 Å². The van der Waals surface area contributed by atoms with E-state index in [-0.39, 0.29) is 36.7 Å². The second kappa shape index (κ2) is 15.8. The first-order valence-electron chi connectivity index (χ1n) is 15.1. The van der Waals surface area contributed by atoms with Crippen molar-refractivity contribution in [3.05, 3.63) is 36.0 Å². The van der Waals surface area contributed by atoms with Crippen LogP contribution in [0, 0.1) is 35.5 Å². The molecule has 2 aliphatic carbocycles. The first-order valence-corrected chi connectivity index (χ1v) is 15.1. The summed E-state index contributed by atoms with van der Waals surface area (Å²) >= 11 is 0. The normalized spacial score (nSPS) is 32.4. The van der Waals surface area contributed by atoms with E-state index in [0.29, 0.717) is 30.6 Å². The molecule has 0 amide bonds. The second-order valence-corrected chi connectivity index (χ2v) is 11.5. The number of hydrogen-bond acceptors (Lipinski definition) is 6. The quantitative estimate of drug-likeness (QED) is 0.160. The first kappa shape index (κ1) is 30.1. The van der Waals surface area contributed by atoms with Gasteiger partial charge in [-0.25, -0.2) is 0 Å². The third-order valence-electron chi connectivity index (χ3n) is 8.55. The summed E-state index contributed by atoms with van der Waals surface area (Å²) in [4.78, 5) is 11.4. The minimum absolute atomic E-state index is 0.0494. The van der Waals surface area contributed by atoms with E-state index >= 15 is 0 Å². The highest BCUT2D eigenvalue weighted by molar-refractivity contribution is 5.69. The number of esters is 1. The summed E-state index contributed by atoms with van der Waals surface area (Å²) in [6.07, 6.45) is 21.6. The Balaban J connectivity index is 1.46. The molecule has 0 aromatic heterocycles. The highest BCUT2D eigenvalue weighted by Gasteiger charge is 2.45. The summed E-state index contributed by atoms with van der Waals surface area (Å²) < 4.78 is 29.8. The van der Waals surface area contributed by atoms with Gasteiger partial charge in [-0.1, -0.05) is 42.9 Å². The maximum atomic E-state index is 11.4. The Bertz CT molecular complexity index is 914. The number of methoxy groups -OCH3 is 1. The van der Waals surface area contributed by atoms with Crippen LogP contribution in [0.3, 0.4) is 0 Å². The molecular weight excluding hydrogens is 492 g/mol. The molecular formula is C33H48O6. The van der Waals surface area contributed by atoms with Gasteiger partial charge in [-0.05, 0) is 82.5 Å². The van der Waals surface area contributed by atoms with Gasteiger partial charge >= 0.3 is 5.97 Å². The fourth-order valence-corrected chi connectivity index (χ4v) is 6.32.